The largest absolute Gasteiger partial charge is 0.349 e. The number of pyridine rings is 1. The average Bonchev–Trinajstić information content (AvgIpc) is 2.46. The molecule has 2 aromatic rings. The van der Waals surface area contributed by atoms with E-state index >= 15 is 0 Å². The second-order valence-electron chi connectivity index (χ2n) is 5.60. The van der Waals surface area contributed by atoms with E-state index < -0.39 is 0 Å². The van der Waals surface area contributed by atoms with Crippen molar-refractivity contribution in [2.45, 2.75) is 32.2 Å². The number of fused-ring (bicyclic) bond motifs is 1. The van der Waals surface area contributed by atoms with Gasteiger partial charge in [0, 0.05) is 23.4 Å². The smallest absolute Gasteiger partial charge is 0.251 e. The molecule has 1 aliphatic carbocycles. The summed E-state index contributed by atoms with van der Waals surface area (Å²) in [4.78, 5) is 26.3. The highest BCUT2D eigenvalue weighted by Crippen LogP contribution is 2.21. The number of H-pyrrole nitrogens is 1. The summed E-state index contributed by atoms with van der Waals surface area (Å²) in [6.45, 7) is 1.77. The van der Waals surface area contributed by atoms with E-state index in [-0.39, 0.29) is 17.5 Å². The number of rotatable bonds is 2. The molecule has 1 atom stereocenters. The number of aromatic nitrogens is 1. The zero-order valence-electron chi connectivity index (χ0n) is 12.0. The van der Waals surface area contributed by atoms with Gasteiger partial charge in [-0.25, -0.2) is 0 Å². The Kier molecular flexibility index (Phi) is 3.60. The van der Waals surface area contributed by atoms with Crippen molar-refractivity contribution in [3.05, 3.63) is 69.1 Å². The van der Waals surface area contributed by atoms with E-state index in [9.17, 15) is 9.59 Å². The topological polar surface area (TPSA) is 62.0 Å². The lowest BCUT2D eigenvalue weighted by Crippen LogP contribution is -2.39. The lowest BCUT2D eigenvalue weighted by molar-refractivity contribution is 0.0933. The van der Waals surface area contributed by atoms with Gasteiger partial charge in [-0.05, 0) is 43.4 Å². The van der Waals surface area contributed by atoms with Crippen LogP contribution in [0, 0.1) is 6.92 Å². The van der Waals surface area contributed by atoms with E-state index in [2.05, 4.69) is 28.5 Å². The number of hydrogen-bond acceptors (Lipinski definition) is 2. The molecule has 0 radical (unpaired) electrons. The average molecular weight is 282 g/mol. The number of amides is 1. The molecule has 2 N–H and O–H groups in total. The summed E-state index contributed by atoms with van der Waals surface area (Å²) >= 11 is 0. The number of hydrogen-bond donors (Lipinski definition) is 2. The van der Waals surface area contributed by atoms with Crippen LogP contribution in [0.2, 0.25) is 0 Å². The predicted molar refractivity (Wildman–Crippen MR) is 81.5 cm³/mol. The summed E-state index contributed by atoms with van der Waals surface area (Å²) in [6, 6.07) is 11.5. The molecule has 1 amide bonds. The lowest BCUT2D eigenvalue weighted by atomic mass is 9.88. The minimum atomic E-state index is -0.242. The first-order chi connectivity index (χ1) is 10.1. The molecule has 0 spiro atoms. The second kappa shape index (κ2) is 5.56. The van der Waals surface area contributed by atoms with E-state index in [1.54, 1.807) is 13.0 Å². The Bertz CT molecular complexity index is 734. The van der Waals surface area contributed by atoms with Crippen molar-refractivity contribution in [2.24, 2.45) is 0 Å². The highest BCUT2D eigenvalue weighted by molar-refractivity contribution is 5.94. The molecule has 1 unspecified atom stereocenters. The quantitative estimate of drug-likeness (QED) is 0.884. The summed E-state index contributed by atoms with van der Waals surface area (Å²) in [7, 11) is 0. The molecule has 21 heavy (non-hydrogen) atoms. The van der Waals surface area contributed by atoms with Crippen molar-refractivity contribution in [3.63, 3.8) is 0 Å². The molecule has 1 aromatic heterocycles. The fourth-order valence-electron chi connectivity index (χ4n) is 2.90. The van der Waals surface area contributed by atoms with Crippen molar-refractivity contribution in [1.29, 1.82) is 0 Å². The van der Waals surface area contributed by atoms with Gasteiger partial charge in [0.1, 0.15) is 0 Å². The van der Waals surface area contributed by atoms with Crippen LogP contribution in [-0.2, 0) is 12.8 Å². The van der Waals surface area contributed by atoms with Crippen LogP contribution in [0.25, 0.3) is 0 Å². The number of carbonyl (C=O) groups is 1. The van der Waals surface area contributed by atoms with Crippen molar-refractivity contribution in [3.8, 4) is 0 Å². The fraction of sp³-hybridized carbons (Fsp3) is 0.294. The van der Waals surface area contributed by atoms with Crippen LogP contribution >= 0.6 is 0 Å². The third-order valence-corrected chi connectivity index (χ3v) is 3.92. The van der Waals surface area contributed by atoms with Gasteiger partial charge in [-0.2, -0.15) is 0 Å². The molecular formula is C17H18N2O2. The van der Waals surface area contributed by atoms with Crippen molar-refractivity contribution >= 4 is 5.91 Å². The molecule has 0 bridgehead atoms. The third-order valence-electron chi connectivity index (χ3n) is 3.92. The number of aromatic amines is 1. The van der Waals surface area contributed by atoms with Crippen molar-refractivity contribution in [2.75, 3.05) is 0 Å². The van der Waals surface area contributed by atoms with E-state index in [1.807, 2.05) is 6.07 Å². The molecule has 0 aliphatic heterocycles. The number of carbonyl (C=O) groups excluding carboxylic acids is 1. The maximum Gasteiger partial charge on any atom is 0.251 e. The minimum Gasteiger partial charge on any atom is -0.349 e. The van der Waals surface area contributed by atoms with Gasteiger partial charge in [0.15, 0.2) is 0 Å². The summed E-state index contributed by atoms with van der Waals surface area (Å²) < 4.78 is 0. The molecule has 3 rings (SSSR count). The van der Waals surface area contributed by atoms with Gasteiger partial charge in [-0.15, -0.1) is 0 Å². The molecule has 0 saturated carbocycles. The number of benzene rings is 1. The molecule has 0 saturated heterocycles. The van der Waals surface area contributed by atoms with E-state index in [0.717, 1.165) is 19.3 Å². The van der Waals surface area contributed by atoms with Gasteiger partial charge in [-0.3, -0.25) is 9.59 Å². The van der Waals surface area contributed by atoms with Gasteiger partial charge in [0.05, 0.1) is 0 Å². The van der Waals surface area contributed by atoms with Crippen LogP contribution < -0.4 is 10.9 Å². The molecule has 4 heteroatoms. The van der Waals surface area contributed by atoms with Crippen molar-refractivity contribution in [1.82, 2.24) is 10.3 Å². The number of nitrogens with one attached hydrogen (secondary N) is 2. The van der Waals surface area contributed by atoms with E-state index in [0.29, 0.717) is 11.3 Å². The van der Waals surface area contributed by atoms with Gasteiger partial charge < -0.3 is 10.3 Å². The van der Waals surface area contributed by atoms with Crippen LogP contribution in [0.5, 0.6) is 0 Å². The first-order valence-electron chi connectivity index (χ1n) is 7.20. The Labute approximate surface area is 123 Å². The first-order valence-corrected chi connectivity index (χ1v) is 7.20. The van der Waals surface area contributed by atoms with Gasteiger partial charge in [0.2, 0.25) is 5.56 Å². The lowest BCUT2D eigenvalue weighted by Gasteiger charge is -2.25. The fourth-order valence-corrected chi connectivity index (χ4v) is 2.90. The molecule has 1 heterocycles. The maximum atomic E-state index is 12.3. The zero-order chi connectivity index (χ0) is 14.8. The monoisotopic (exact) mass is 282 g/mol. The molecule has 0 fully saturated rings. The van der Waals surface area contributed by atoms with Crippen LogP contribution in [0.3, 0.4) is 0 Å². The highest BCUT2D eigenvalue weighted by atomic mass is 16.2. The van der Waals surface area contributed by atoms with Crippen LogP contribution in [-0.4, -0.2) is 16.9 Å². The SMILES string of the molecule is Cc1cc(C(=O)NC2CCc3ccccc3C2)cc(=O)[nH]1. The van der Waals surface area contributed by atoms with Gasteiger partial charge in [-0.1, -0.05) is 24.3 Å². The van der Waals surface area contributed by atoms with Crippen LogP contribution in [0.15, 0.2) is 41.2 Å². The standard InChI is InChI=1S/C17H18N2O2/c1-11-8-14(10-16(20)18-11)17(21)19-15-7-6-12-4-2-3-5-13(12)9-15/h2-5,8,10,15H,6-7,9H2,1H3,(H,18,20)(H,19,21). The molecule has 4 nitrogen and oxygen atoms in total. The minimum absolute atomic E-state index is 0.131. The Balaban J connectivity index is 1.73. The Morgan fingerprint density at radius 2 is 2.00 bits per heavy atom. The predicted octanol–water partition coefficient (Wildman–Crippen LogP) is 1.97. The van der Waals surface area contributed by atoms with E-state index in [1.165, 1.54) is 17.2 Å². The third kappa shape index (κ3) is 3.05. The zero-order valence-corrected chi connectivity index (χ0v) is 12.0. The summed E-state index contributed by atoms with van der Waals surface area (Å²) in [6.07, 6.45) is 2.77. The first kappa shape index (κ1) is 13.6. The molecule has 1 aliphatic rings. The molecule has 1 aromatic carbocycles. The Morgan fingerprint density at radius 1 is 1.24 bits per heavy atom. The Hall–Kier alpha value is -2.36. The van der Waals surface area contributed by atoms with Gasteiger partial charge in [0.25, 0.3) is 5.91 Å². The normalized spacial score (nSPS) is 17.1. The second-order valence-corrected chi connectivity index (χ2v) is 5.60. The molecular weight excluding hydrogens is 264 g/mol. The summed E-state index contributed by atoms with van der Waals surface area (Å²) in [5, 5.41) is 3.04. The van der Waals surface area contributed by atoms with Crippen LogP contribution in [0.1, 0.15) is 33.6 Å². The summed E-state index contributed by atoms with van der Waals surface area (Å²) in [5.74, 6) is -0.173. The van der Waals surface area contributed by atoms with E-state index in [4.69, 9.17) is 0 Å². The van der Waals surface area contributed by atoms with Crippen LogP contribution in [0.4, 0.5) is 0 Å². The highest BCUT2D eigenvalue weighted by Gasteiger charge is 2.20. The van der Waals surface area contributed by atoms with Gasteiger partial charge >= 0.3 is 0 Å². The Morgan fingerprint density at radius 3 is 2.76 bits per heavy atom. The number of aryl methyl sites for hydroxylation is 2. The summed E-state index contributed by atoms with van der Waals surface area (Å²) in [5.41, 5.74) is 3.55. The molecule has 108 valence electrons. The maximum absolute atomic E-state index is 12.3. The van der Waals surface area contributed by atoms with Crippen molar-refractivity contribution < 1.29 is 4.79 Å².